The van der Waals surface area contributed by atoms with Gasteiger partial charge in [0.25, 0.3) is 0 Å². The predicted molar refractivity (Wildman–Crippen MR) is 84.8 cm³/mol. The van der Waals surface area contributed by atoms with Gasteiger partial charge in [-0.1, -0.05) is 6.42 Å². The fourth-order valence-electron chi connectivity index (χ4n) is 4.24. The third kappa shape index (κ3) is 2.70. The van der Waals surface area contributed by atoms with Crippen LogP contribution in [-0.4, -0.2) is 37.2 Å². The lowest BCUT2D eigenvalue weighted by atomic mass is 9.88. The number of fused-ring (bicyclic) bond motifs is 2. The molecule has 3 fully saturated rings. The molecular formula is C17H23N3O2. The average molecular weight is 301 g/mol. The molecule has 2 bridgehead atoms. The van der Waals surface area contributed by atoms with E-state index in [0.29, 0.717) is 5.92 Å². The molecule has 0 aromatic carbocycles. The van der Waals surface area contributed by atoms with Gasteiger partial charge in [-0.25, -0.2) is 4.98 Å². The minimum atomic E-state index is 0.188. The summed E-state index contributed by atoms with van der Waals surface area (Å²) in [4.78, 5) is 19.1. The first-order chi connectivity index (χ1) is 10.8. The Labute approximate surface area is 131 Å². The van der Waals surface area contributed by atoms with Gasteiger partial charge in [0, 0.05) is 19.0 Å². The molecule has 1 aromatic rings. The van der Waals surface area contributed by atoms with Gasteiger partial charge in [0.2, 0.25) is 5.91 Å². The summed E-state index contributed by atoms with van der Waals surface area (Å²) in [6, 6.07) is 3.95. The van der Waals surface area contributed by atoms with E-state index in [1.54, 1.807) is 6.20 Å². The van der Waals surface area contributed by atoms with Gasteiger partial charge in [-0.3, -0.25) is 4.79 Å². The first-order valence-corrected chi connectivity index (χ1v) is 8.39. The Kier molecular flexibility index (Phi) is 3.74. The van der Waals surface area contributed by atoms with Crippen LogP contribution in [0, 0.1) is 17.8 Å². The summed E-state index contributed by atoms with van der Waals surface area (Å²) < 4.78 is 5.35. The van der Waals surface area contributed by atoms with E-state index >= 15 is 0 Å². The van der Waals surface area contributed by atoms with Crippen LogP contribution >= 0.6 is 0 Å². The lowest BCUT2D eigenvalue weighted by Crippen LogP contribution is -2.36. The molecule has 3 atom stereocenters. The summed E-state index contributed by atoms with van der Waals surface area (Å²) in [6.07, 6.45) is 6.67. The summed E-state index contributed by atoms with van der Waals surface area (Å²) in [5, 5.41) is 3.05. The number of nitrogens with one attached hydrogen (secondary N) is 1. The monoisotopic (exact) mass is 301 g/mol. The number of nitrogens with zero attached hydrogens (tertiary/aromatic N) is 2. The van der Waals surface area contributed by atoms with Crippen LogP contribution < -0.4 is 10.2 Å². The van der Waals surface area contributed by atoms with Crippen LogP contribution in [0.25, 0.3) is 0 Å². The van der Waals surface area contributed by atoms with Crippen molar-refractivity contribution in [2.75, 3.05) is 36.5 Å². The Bertz CT molecular complexity index is 539. The Morgan fingerprint density at radius 3 is 2.73 bits per heavy atom. The number of hydrogen-bond donors (Lipinski definition) is 1. The summed E-state index contributed by atoms with van der Waals surface area (Å²) in [7, 11) is 0. The van der Waals surface area contributed by atoms with Gasteiger partial charge in [-0.15, -0.1) is 0 Å². The standard InChI is InChI=1S/C17H23N3O2/c21-17(15-10-12-1-2-13(15)9-12)19-14-3-4-16(18-11-14)20-5-7-22-8-6-20/h3-4,11-13,15H,1-2,5-10H2,(H,19,21)/t12-,13-,15-/m1/s1. The number of ether oxygens (including phenoxy) is 1. The van der Waals surface area contributed by atoms with Gasteiger partial charge < -0.3 is 15.0 Å². The van der Waals surface area contributed by atoms with Gasteiger partial charge in [0.15, 0.2) is 0 Å². The van der Waals surface area contributed by atoms with Crippen molar-refractivity contribution >= 4 is 17.4 Å². The number of pyridine rings is 1. The number of carbonyl (C=O) groups excluding carboxylic acids is 1. The van der Waals surface area contributed by atoms with Crippen molar-refractivity contribution in [3.05, 3.63) is 18.3 Å². The first kappa shape index (κ1) is 14.0. The van der Waals surface area contributed by atoms with Gasteiger partial charge in [-0.2, -0.15) is 0 Å². The molecule has 0 radical (unpaired) electrons. The van der Waals surface area contributed by atoms with E-state index in [1.807, 2.05) is 12.1 Å². The Balaban J connectivity index is 1.37. The number of amides is 1. The Morgan fingerprint density at radius 2 is 2.09 bits per heavy atom. The van der Waals surface area contributed by atoms with E-state index in [4.69, 9.17) is 4.74 Å². The molecule has 1 aromatic heterocycles. The molecule has 0 spiro atoms. The Hall–Kier alpha value is -1.62. The van der Waals surface area contributed by atoms with E-state index in [9.17, 15) is 4.79 Å². The molecule has 2 saturated carbocycles. The highest BCUT2D eigenvalue weighted by Crippen LogP contribution is 2.48. The van der Waals surface area contributed by atoms with Crippen molar-refractivity contribution in [2.24, 2.45) is 17.8 Å². The molecule has 22 heavy (non-hydrogen) atoms. The lowest BCUT2D eigenvalue weighted by molar-refractivity contribution is -0.121. The quantitative estimate of drug-likeness (QED) is 0.930. The van der Waals surface area contributed by atoms with Gasteiger partial charge in [0.05, 0.1) is 25.1 Å². The van der Waals surface area contributed by atoms with Gasteiger partial charge >= 0.3 is 0 Å². The van der Waals surface area contributed by atoms with E-state index in [2.05, 4.69) is 15.2 Å². The maximum Gasteiger partial charge on any atom is 0.227 e. The minimum Gasteiger partial charge on any atom is -0.378 e. The van der Waals surface area contributed by atoms with Crippen LogP contribution in [0.5, 0.6) is 0 Å². The molecule has 1 N–H and O–H groups in total. The second kappa shape index (κ2) is 5.88. The second-order valence-electron chi connectivity index (χ2n) is 6.78. The zero-order chi connectivity index (χ0) is 14.9. The molecule has 3 aliphatic rings. The molecule has 5 nitrogen and oxygen atoms in total. The summed E-state index contributed by atoms with van der Waals surface area (Å²) in [5.41, 5.74) is 0.810. The lowest BCUT2D eigenvalue weighted by Gasteiger charge is -2.27. The normalized spacial score (nSPS) is 30.5. The molecule has 1 saturated heterocycles. The van der Waals surface area contributed by atoms with Crippen molar-refractivity contribution < 1.29 is 9.53 Å². The molecule has 2 heterocycles. The van der Waals surface area contributed by atoms with Crippen LogP contribution in [-0.2, 0) is 9.53 Å². The van der Waals surface area contributed by atoms with Crippen LogP contribution in [0.1, 0.15) is 25.7 Å². The third-order valence-electron chi connectivity index (χ3n) is 5.43. The van der Waals surface area contributed by atoms with Crippen molar-refractivity contribution in [1.29, 1.82) is 0 Å². The topological polar surface area (TPSA) is 54.5 Å². The number of anilines is 2. The zero-order valence-corrected chi connectivity index (χ0v) is 12.8. The average Bonchev–Trinajstić information content (AvgIpc) is 3.19. The zero-order valence-electron chi connectivity index (χ0n) is 12.8. The molecular weight excluding hydrogens is 278 g/mol. The third-order valence-corrected chi connectivity index (χ3v) is 5.43. The van der Waals surface area contributed by atoms with Gasteiger partial charge in [0.1, 0.15) is 5.82 Å². The second-order valence-corrected chi connectivity index (χ2v) is 6.78. The van der Waals surface area contributed by atoms with Crippen LogP contribution in [0.4, 0.5) is 11.5 Å². The highest BCUT2D eigenvalue weighted by atomic mass is 16.5. The number of carbonyl (C=O) groups is 1. The van der Waals surface area contributed by atoms with Crippen molar-refractivity contribution in [1.82, 2.24) is 4.98 Å². The largest absolute Gasteiger partial charge is 0.378 e. The van der Waals surface area contributed by atoms with Crippen molar-refractivity contribution in [2.45, 2.75) is 25.7 Å². The minimum absolute atomic E-state index is 0.188. The molecule has 118 valence electrons. The number of aromatic nitrogens is 1. The molecule has 2 aliphatic carbocycles. The van der Waals surface area contributed by atoms with Crippen LogP contribution in [0.3, 0.4) is 0 Å². The summed E-state index contributed by atoms with van der Waals surface area (Å²) >= 11 is 0. The number of hydrogen-bond acceptors (Lipinski definition) is 4. The summed E-state index contributed by atoms with van der Waals surface area (Å²) in [6.45, 7) is 3.27. The Morgan fingerprint density at radius 1 is 1.23 bits per heavy atom. The summed E-state index contributed by atoms with van der Waals surface area (Å²) in [5.74, 6) is 2.78. The fraction of sp³-hybridized carbons (Fsp3) is 0.647. The predicted octanol–water partition coefficient (Wildman–Crippen LogP) is 2.29. The van der Waals surface area contributed by atoms with Crippen LogP contribution in [0.15, 0.2) is 18.3 Å². The van der Waals surface area contributed by atoms with E-state index in [0.717, 1.165) is 50.1 Å². The van der Waals surface area contributed by atoms with Crippen molar-refractivity contribution in [3.8, 4) is 0 Å². The first-order valence-electron chi connectivity index (χ1n) is 8.39. The maximum atomic E-state index is 12.4. The molecule has 4 rings (SSSR count). The van der Waals surface area contributed by atoms with E-state index < -0.39 is 0 Å². The number of morpholine rings is 1. The SMILES string of the molecule is O=C(Nc1ccc(N2CCOCC2)nc1)[C@@H]1C[C@@H]2CC[C@@H]1C2. The molecule has 5 heteroatoms. The molecule has 1 aliphatic heterocycles. The van der Waals surface area contributed by atoms with Crippen molar-refractivity contribution in [3.63, 3.8) is 0 Å². The van der Waals surface area contributed by atoms with Crippen LogP contribution in [0.2, 0.25) is 0 Å². The highest BCUT2D eigenvalue weighted by molar-refractivity contribution is 5.93. The fourth-order valence-corrected chi connectivity index (χ4v) is 4.24. The van der Waals surface area contributed by atoms with Gasteiger partial charge in [-0.05, 0) is 43.2 Å². The molecule has 0 unspecified atom stereocenters. The molecule has 1 amide bonds. The smallest absolute Gasteiger partial charge is 0.227 e. The highest BCUT2D eigenvalue weighted by Gasteiger charge is 2.43. The number of rotatable bonds is 3. The van der Waals surface area contributed by atoms with E-state index in [1.165, 1.54) is 19.3 Å². The maximum absolute atomic E-state index is 12.4. The van der Waals surface area contributed by atoms with E-state index in [-0.39, 0.29) is 11.8 Å².